The van der Waals surface area contributed by atoms with Crippen molar-refractivity contribution in [2.24, 2.45) is 5.92 Å². The van der Waals surface area contributed by atoms with Crippen LogP contribution >= 0.6 is 11.6 Å². The molecule has 1 aromatic heterocycles. The fourth-order valence-electron chi connectivity index (χ4n) is 4.29. The highest BCUT2D eigenvalue weighted by atomic mass is 35.5. The number of aromatic nitrogens is 2. The van der Waals surface area contributed by atoms with E-state index in [1.165, 1.54) is 12.8 Å². The molecule has 2 aliphatic rings. The Morgan fingerprint density at radius 1 is 1.10 bits per heavy atom. The molecule has 6 nitrogen and oxygen atoms in total. The zero-order valence-electron chi connectivity index (χ0n) is 16.7. The molecule has 2 aromatic rings. The second kappa shape index (κ2) is 9.63. The Morgan fingerprint density at radius 3 is 2.55 bits per heavy atom. The van der Waals surface area contributed by atoms with E-state index in [1.807, 2.05) is 35.0 Å². The molecule has 156 valence electrons. The summed E-state index contributed by atoms with van der Waals surface area (Å²) in [5.41, 5.74) is 0. The highest BCUT2D eigenvalue weighted by molar-refractivity contribution is 6.30. The number of hydrogen-bond donors (Lipinski definition) is 1. The molecule has 29 heavy (non-hydrogen) atoms. The molecule has 1 saturated carbocycles. The number of hydrogen-bond acceptors (Lipinski definition) is 4. The van der Waals surface area contributed by atoms with E-state index in [9.17, 15) is 4.79 Å². The standard InChI is InChI=1S/C22H29ClN4O2/c23-18-5-7-20(8-6-18)29-16-17-10-13-26(14-11-17)15-22(28)25-21-9-12-24-27(21)19-3-1-2-4-19/h5-9,12,17,19H,1-4,10-11,13-16H2,(H,25,28). The first kappa shape index (κ1) is 20.2. The number of carbonyl (C=O) groups is 1. The van der Waals surface area contributed by atoms with Crippen LogP contribution in [0.15, 0.2) is 36.5 Å². The van der Waals surface area contributed by atoms with Crippen LogP contribution in [0, 0.1) is 5.92 Å². The van der Waals surface area contributed by atoms with Gasteiger partial charge in [-0.25, -0.2) is 4.68 Å². The number of ether oxygens (including phenoxy) is 1. The van der Waals surface area contributed by atoms with E-state index in [1.54, 1.807) is 6.20 Å². The van der Waals surface area contributed by atoms with Gasteiger partial charge in [-0.15, -0.1) is 0 Å². The number of anilines is 1. The minimum absolute atomic E-state index is 0.0422. The van der Waals surface area contributed by atoms with Gasteiger partial charge in [-0.05, 0) is 69.0 Å². The second-order valence-corrected chi connectivity index (χ2v) is 8.57. The maximum atomic E-state index is 12.5. The summed E-state index contributed by atoms with van der Waals surface area (Å²) < 4.78 is 7.87. The van der Waals surface area contributed by atoms with Crippen molar-refractivity contribution >= 4 is 23.3 Å². The summed E-state index contributed by atoms with van der Waals surface area (Å²) in [6, 6.07) is 9.82. The zero-order valence-corrected chi connectivity index (χ0v) is 17.5. The van der Waals surface area contributed by atoms with E-state index < -0.39 is 0 Å². The second-order valence-electron chi connectivity index (χ2n) is 8.13. The predicted molar refractivity (Wildman–Crippen MR) is 114 cm³/mol. The molecule has 0 atom stereocenters. The number of carbonyl (C=O) groups excluding carboxylic acids is 1. The van der Waals surface area contributed by atoms with Crippen molar-refractivity contribution in [2.75, 3.05) is 31.6 Å². The van der Waals surface area contributed by atoms with Gasteiger partial charge in [0.2, 0.25) is 5.91 Å². The number of benzene rings is 1. The Bertz CT molecular complexity index is 793. The maximum absolute atomic E-state index is 12.5. The highest BCUT2D eigenvalue weighted by Gasteiger charge is 2.23. The van der Waals surface area contributed by atoms with Gasteiger partial charge in [-0.3, -0.25) is 9.69 Å². The SMILES string of the molecule is O=C(CN1CCC(COc2ccc(Cl)cc2)CC1)Nc1ccnn1C1CCCC1. The lowest BCUT2D eigenvalue weighted by Gasteiger charge is -2.31. The quantitative estimate of drug-likeness (QED) is 0.727. The lowest BCUT2D eigenvalue weighted by molar-refractivity contribution is -0.117. The molecule has 0 spiro atoms. The molecule has 1 N–H and O–H groups in total. The summed E-state index contributed by atoms with van der Waals surface area (Å²) >= 11 is 5.91. The largest absolute Gasteiger partial charge is 0.493 e. The van der Waals surface area contributed by atoms with Gasteiger partial charge in [-0.1, -0.05) is 24.4 Å². The van der Waals surface area contributed by atoms with Crippen molar-refractivity contribution in [2.45, 2.75) is 44.6 Å². The van der Waals surface area contributed by atoms with Crippen LogP contribution in [0.2, 0.25) is 5.02 Å². The Hall–Kier alpha value is -2.05. The molecular formula is C22H29ClN4O2. The molecule has 1 amide bonds. The van der Waals surface area contributed by atoms with Crippen LogP contribution in [0.1, 0.15) is 44.6 Å². The smallest absolute Gasteiger partial charge is 0.239 e. The van der Waals surface area contributed by atoms with Crippen LogP contribution in [-0.2, 0) is 4.79 Å². The Morgan fingerprint density at radius 2 is 1.83 bits per heavy atom. The van der Waals surface area contributed by atoms with Gasteiger partial charge >= 0.3 is 0 Å². The van der Waals surface area contributed by atoms with Crippen molar-refractivity contribution in [3.05, 3.63) is 41.6 Å². The van der Waals surface area contributed by atoms with Crippen LogP contribution < -0.4 is 10.1 Å². The lowest BCUT2D eigenvalue weighted by Crippen LogP contribution is -2.40. The van der Waals surface area contributed by atoms with Crippen molar-refractivity contribution in [1.29, 1.82) is 0 Å². The molecule has 4 rings (SSSR count). The molecule has 1 aromatic carbocycles. The van der Waals surface area contributed by atoms with Gasteiger partial charge in [-0.2, -0.15) is 5.10 Å². The van der Waals surface area contributed by atoms with Crippen molar-refractivity contribution < 1.29 is 9.53 Å². The van der Waals surface area contributed by atoms with E-state index in [0.717, 1.165) is 55.4 Å². The molecule has 0 radical (unpaired) electrons. The third-order valence-corrected chi connectivity index (χ3v) is 6.23. The van der Waals surface area contributed by atoms with Crippen LogP contribution in [-0.4, -0.2) is 46.8 Å². The molecule has 1 aliphatic carbocycles. The average molecular weight is 417 g/mol. The normalized spacial score (nSPS) is 18.8. The number of likely N-dealkylation sites (tertiary alicyclic amines) is 1. The van der Waals surface area contributed by atoms with E-state index >= 15 is 0 Å². The number of rotatable bonds is 7. The van der Waals surface area contributed by atoms with Gasteiger partial charge < -0.3 is 10.1 Å². The molecule has 1 aliphatic heterocycles. The summed E-state index contributed by atoms with van der Waals surface area (Å²) in [5, 5.41) is 8.20. The van der Waals surface area contributed by atoms with Crippen LogP contribution in [0.3, 0.4) is 0 Å². The number of nitrogens with one attached hydrogen (secondary N) is 1. The van der Waals surface area contributed by atoms with Crippen LogP contribution in [0.25, 0.3) is 0 Å². The first-order valence-electron chi connectivity index (χ1n) is 10.6. The first-order chi connectivity index (χ1) is 14.2. The minimum Gasteiger partial charge on any atom is -0.493 e. The van der Waals surface area contributed by atoms with Crippen LogP contribution in [0.4, 0.5) is 5.82 Å². The maximum Gasteiger partial charge on any atom is 0.239 e. The number of piperidine rings is 1. The van der Waals surface area contributed by atoms with Crippen molar-refractivity contribution in [3.63, 3.8) is 0 Å². The predicted octanol–water partition coefficient (Wildman–Crippen LogP) is 4.38. The molecule has 0 bridgehead atoms. The summed E-state index contributed by atoms with van der Waals surface area (Å²) in [5.74, 6) is 2.25. The molecule has 1 saturated heterocycles. The third kappa shape index (κ3) is 5.52. The molecule has 0 unspecified atom stereocenters. The van der Waals surface area contributed by atoms with E-state index in [2.05, 4.69) is 15.3 Å². The van der Waals surface area contributed by atoms with Crippen molar-refractivity contribution in [1.82, 2.24) is 14.7 Å². The number of halogens is 1. The highest BCUT2D eigenvalue weighted by Crippen LogP contribution is 2.31. The molecular weight excluding hydrogens is 388 g/mol. The van der Waals surface area contributed by atoms with Gasteiger partial charge in [0.25, 0.3) is 0 Å². The Labute approximate surface area is 177 Å². The fourth-order valence-corrected chi connectivity index (χ4v) is 4.42. The summed E-state index contributed by atoms with van der Waals surface area (Å²) in [6.45, 7) is 2.98. The molecule has 2 heterocycles. The Kier molecular flexibility index (Phi) is 6.72. The van der Waals surface area contributed by atoms with Gasteiger partial charge in [0.1, 0.15) is 11.6 Å². The number of amides is 1. The van der Waals surface area contributed by atoms with Crippen molar-refractivity contribution in [3.8, 4) is 5.75 Å². The van der Waals surface area contributed by atoms with E-state index in [0.29, 0.717) is 25.1 Å². The molecule has 2 fully saturated rings. The fraction of sp³-hybridized carbons (Fsp3) is 0.545. The third-order valence-electron chi connectivity index (χ3n) is 5.98. The van der Waals surface area contributed by atoms with E-state index in [4.69, 9.17) is 16.3 Å². The minimum atomic E-state index is 0.0422. The van der Waals surface area contributed by atoms with Crippen LogP contribution in [0.5, 0.6) is 5.75 Å². The van der Waals surface area contributed by atoms with Gasteiger partial charge in [0.05, 0.1) is 25.4 Å². The summed E-state index contributed by atoms with van der Waals surface area (Å²) in [6.07, 6.45) is 8.65. The summed E-state index contributed by atoms with van der Waals surface area (Å²) in [7, 11) is 0. The Balaban J connectivity index is 1.19. The van der Waals surface area contributed by atoms with Gasteiger partial charge in [0.15, 0.2) is 0 Å². The average Bonchev–Trinajstić information content (AvgIpc) is 3.40. The topological polar surface area (TPSA) is 59.4 Å². The van der Waals surface area contributed by atoms with E-state index in [-0.39, 0.29) is 5.91 Å². The van der Waals surface area contributed by atoms with Gasteiger partial charge in [0, 0.05) is 11.1 Å². The first-order valence-corrected chi connectivity index (χ1v) is 11.0. The number of nitrogens with zero attached hydrogens (tertiary/aromatic N) is 3. The summed E-state index contributed by atoms with van der Waals surface area (Å²) in [4.78, 5) is 14.8. The monoisotopic (exact) mass is 416 g/mol. The lowest BCUT2D eigenvalue weighted by atomic mass is 9.98. The zero-order chi connectivity index (χ0) is 20.1. The molecule has 7 heteroatoms.